The molecular formula is C19H15N5O2S2. The summed E-state index contributed by atoms with van der Waals surface area (Å²) in [5, 5.41) is 3.08. The lowest BCUT2D eigenvalue weighted by Crippen LogP contribution is -2.25. The lowest BCUT2D eigenvalue weighted by Gasteiger charge is -2.12. The first-order chi connectivity index (χ1) is 13.7. The van der Waals surface area contributed by atoms with E-state index in [1.165, 1.54) is 35.5 Å². The Kier molecular flexibility index (Phi) is 5.54. The third kappa shape index (κ3) is 4.15. The summed E-state index contributed by atoms with van der Waals surface area (Å²) in [6.45, 7) is 0.349. The highest BCUT2D eigenvalue weighted by Gasteiger charge is 2.15. The van der Waals surface area contributed by atoms with Gasteiger partial charge < -0.3 is 0 Å². The normalized spacial score (nSPS) is 11.0. The van der Waals surface area contributed by atoms with Gasteiger partial charge in [0.2, 0.25) is 0 Å². The molecule has 0 amide bonds. The minimum Gasteiger partial charge on any atom is -0.298 e. The number of benzene rings is 1. The van der Waals surface area contributed by atoms with Crippen LogP contribution < -0.4 is 5.56 Å². The van der Waals surface area contributed by atoms with Gasteiger partial charge in [-0.05, 0) is 5.56 Å². The molecule has 28 heavy (non-hydrogen) atoms. The SMILES string of the molecule is O=C(CSc1nc2nccnc2c(=O)n1Cc1ccccc1)Cc1nccs1. The van der Waals surface area contributed by atoms with Gasteiger partial charge in [-0.3, -0.25) is 14.2 Å². The lowest BCUT2D eigenvalue weighted by molar-refractivity contribution is -0.116. The summed E-state index contributed by atoms with van der Waals surface area (Å²) in [5.41, 5.74) is 1.20. The molecule has 0 aliphatic rings. The lowest BCUT2D eigenvalue weighted by atomic mass is 10.2. The molecule has 0 bridgehead atoms. The van der Waals surface area contributed by atoms with Crippen molar-refractivity contribution < 1.29 is 4.79 Å². The predicted molar refractivity (Wildman–Crippen MR) is 109 cm³/mol. The van der Waals surface area contributed by atoms with Crippen LogP contribution in [0.5, 0.6) is 0 Å². The Morgan fingerprint density at radius 1 is 1.07 bits per heavy atom. The van der Waals surface area contributed by atoms with Crippen LogP contribution in [0, 0.1) is 0 Å². The summed E-state index contributed by atoms with van der Waals surface area (Å²) in [5.74, 6) is 0.228. The molecule has 4 rings (SSSR count). The van der Waals surface area contributed by atoms with Gasteiger partial charge in [0.1, 0.15) is 5.78 Å². The molecule has 0 atom stereocenters. The Hall–Kier alpha value is -2.91. The van der Waals surface area contributed by atoms with Crippen LogP contribution in [-0.2, 0) is 17.8 Å². The second-order valence-corrected chi connectivity index (χ2v) is 7.85. The van der Waals surface area contributed by atoms with E-state index >= 15 is 0 Å². The first-order valence-electron chi connectivity index (χ1n) is 8.49. The second-order valence-electron chi connectivity index (χ2n) is 5.93. The maximum absolute atomic E-state index is 13.0. The van der Waals surface area contributed by atoms with Crippen LogP contribution in [0.2, 0.25) is 0 Å². The summed E-state index contributed by atoms with van der Waals surface area (Å²) in [7, 11) is 0. The van der Waals surface area contributed by atoms with E-state index in [1.807, 2.05) is 35.7 Å². The third-order valence-corrected chi connectivity index (χ3v) is 5.75. The van der Waals surface area contributed by atoms with Crippen molar-refractivity contribution in [2.75, 3.05) is 5.75 Å². The molecule has 0 fully saturated rings. The number of carbonyl (C=O) groups is 1. The molecule has 0 aliphatic heterocycles. The number of hydrogen-bond acceptors (Lipinski definition) is 8. The summed E-state index contributed by atoms with van der Waals surface area (Å²) < 4.78 is 1.55. The van der Waals surface area contributed by atoms with Crippen LogP contribution >= 0.6 is 23.1 Å². The van der Waals surface area contributed by atoms with E-state index < -0.39 is 0 Å². The molecule has 0 radical (unpaired) electrons. The molecule has 0 saturated carbocycles. The van der Waals surface area contributed by atoms with Crippen LogP contribution in [0.15, 0.2) is 64.3 Å². The molecule has 1 aromatic carbocycles. The highest BCUT2D eigenvalue weighted by Crippen LogP contribution is 2.18. The van der Waals surface area contributed by atoms with Gasteiger partial charge in [0.15, 0.2) is 16.3 Å². The van der Waals surface area contributed by atoms with E-state index in [2.05, 4.69) is 19.9 Å². The fourth-order valence-electron chi connectivity index (χ4n) is 2.65. The van der Waals surface area contributed by atoms with Gasteiger partial charge in [-0.1, -0.05) is 42.1 Å². The Balaban J connectivity index is 1.64. The van der Waals surface area contributed by atoms with Crippen LogP contribution in [-0.4, -0.2) is 36.0 Å². The van der Waals surface area contributed by atoms with Crippen molar-refractivity contribution in [3.8, 4) is 0 Å². The van der Waals surface area contributed by atoms with Gasteiger partial charge in [-0.2, -0.15) is 0 Å². The average Bonchev–Trinajstić information content (AvgIpc) is 3.22. The van der Waals surface area contributed by atoms with Crippen LogP contribution in [0.25, 0.3) is 11.2 Å². The largest absolute Gasteiger partial charge is 0.298 e. The third-order valence-electron chi connectivity index (χ3n) is 3.94. The topological polar surface area (TPSA) is 90.6 Å². The van der Waals surface area contributed by atoms with Crippen molar-refractivity contribution in [3.05, 3.63) is 75.2 Å². The first-order valence-corrected chi connectivity index (χ1v) is 10.4. The van der Waals surface area contributed by atoms with Gasteiger partial charge in [0.25, 0.3) is 5.56 Å². The Labute approximate surface area is 168 Å². The molecule has 0 aliphatic carbocycles. The number of nitrogens with zero attached hydrogens (tertiary/aromatic N) is 5. The first kappa shape index (κ1) is 18.5. The molecule has 3 heterocycles. The zero-order chi connectivity index (χ0) is 19.3. The Morgan fingerprint density at radius 3 is 2.68 bits per heavy atom. The smallest absolute Gasteiger partial charge is 0.282 e. The number of Topliss-reactive ketones (excluding diaryl/α,β-unsaturated/α-hetero) is 1. The van der Waals surface area contributed by atoms with E-state index in [0.29, 0.717) is 11.7 Å². The van der Waals surface area contributed by atoms with Crippen molar-refractivity contribution in [1.29, 1.82) is 0 Å². The van der Waals surface area contributed by atoms with Crippen molar-refractivity contribution >= 4 is 40.0 Å². The maximum atomic E-state index is 13.0. The van der Waals surface area contributed by atoms with Crippen LogP contribution in [0.1, 0.15) is 10.6 Å². The number of hydrogen-bond donors (Lipinski definition) is 0. The fourth-order valence-corrected chi connectivity index (χ4v) is 4.14. The summed E-state index contributed by atoms with van der Waals surface area (Å²) in [4.78, 5) is 42.2. The van der Waals surface area contributed by atoms with Gasteiger partial charge in [-0.25, -0.2) is 19.9 Å². The predicted octanol–water partition coefficient (Wildman–Crippen LogP) is 2.60. The van der Waals surface area contributed by atoms with E-state index in [9.17, 15) is 9.59 Å². The van der Waals surface area contributed by atoms with Crippen molar-refractivity contribution in [3.63, 3.8) is 0 Å². The van der Waals surface area contributed by atoms with Gasteiger partial charge >= 0.3 is 0 Å². The van der Waals surface area contributed by atoms with E-state index in [-0.39, 0.29) is 34.7 Å². The van der Waals surface area contributed by atoms with Crippen molar-refractivity contribution in [2.45, 2.75) is 18.1 Å². The number of ketones is 1. The molecule has 7 nitrogen and oxygen atoms in total. The number of carbonyl (C=O) groups excluding carboxylic acids is 1. The maximum Gasteiger partial charge on any atom is 0.282 e. The van der Waals surface area contributed by atoms with Gasteiger partial charge in [0.05, 0.1) is 23.7 Å². The fraction of sp³-hybridized carbons (Fsp3) is 0.158. The molecule has 140 valence electrons. The Bertz CT molecular complexity index is 1160. The summed E-state index contributed by atoms with van der Waals surface area (Å²) in [6, 6.07) is 9.63. The van der Waals surface area contributed by atoms with Crippen LogP contribution in [0.4, 0.5) is 0 Å². The van der Waals surface area contributed by atoms with Crippen LogP contribution in [0.3, 0.4) is 0 Å². The highest BCUT2D eigenvalue weighted by atomic mass is 32.2. The molecule has 0 unspecified atom stereocenters. The number of fused-ring (bicyclic) bond motifs is 1. The molecule has 4 aromatic rings. The van der Waals surface area contributed by atoms with Gasteiger partial charge in [0, 0.05) is 24.0 Å². The molecule has 0 spiro atoms. The molecule has 0 N–H and O–H groups in total. The number of rotatable bonds is 7. The molecule has 3 aromatic heterocycles. The van der Waals surface area contributed by atoms with Crippen molar-refractivity contribution in [2.24, 2.45) is 0 Å². The van der Waals surface area contributed by atoms with E-state index in [4.69, 9.17) is 0 Å². The molecule has 0 saturated heterocycles. The summed E-state index contributed by atoms with van der Waals surface area (Å²) >= 11 is 2.69. The zero-order valence-corrected chi connectivity index (χ0v) is 16.3. The average molecular weight is 409 g/mol. The zero-order valence-electron chi connectivity index (χ0n) is 14.7. The molecular weight excluding hydrogens is 394 g/mol. The Morgan fingerprint density at radius 2 is 1.89 bits per heavy atom. The van der Waals surface area contributed by atoms with E-state index in [1.54, 1.807) is 10.8 Å². The number of thioether (sulfide) groups is 1. The van der Waals surface area contributed by atoms with Gasteiger partial charge in [-0.15, -0.1) is 11.3 Å². The minimum absolute atomic E-state index is 0.0275. The van der Waals surface area contributed by atoms with E-state index in [0.717, 1.165) is 10.6 Å². The van der Waals surface area contributed by atoms with Crippen molar-refractivity contribution in [1.82, 2.24) is 24.5 Å². The summed E-state index contributed by atoms with van der Waals surface area (Å²) in [6.07, 6.45) is 4.93. The standard InChI is InChI=1S/C19H15N5O2S2/c25-14(10-15-20-8-9-27-15)12-28-19-23-17-16(21-6-7-22-17)18(26)24(19)11-13-4-2-1-3-5-13/h1-9H,10-12H2. The second kappa shape index (κ2) is 8.41. The molecule has 9 heteroatoms. The number of thiazole rings is 1. The quantitative estimate of drug-likeness (QED) is 0.342. The minimum atomic E-state index is -0.267. The number of aromatic nitrogens is 5. The monoisotopic (exact) mass is 409 g/mol. The highest BCUT2D eigenvalue weighted by molar-refractivity contribution is 7.99.